The van der Waals surface area contributed by atoms with Crippen molar-refractivity contribution in [2.75, 3.05) is 20.2 Å². The number of amides is 1. The van der Waals surface area contributed by atoms with Crippen molar-refractivity contribution in [3.63, 3.8) is 0 Å². The molecule has 3 aromatic rings. The summed E-state index contributed by atoms with van der Waals surface area (Å²) in [6.45, 7) is 6.73. The van der Waals surface area contributed by atoms with E-state index in [1.807, 2.05) is 60.7 Å². The number of aromatic hydroxyl groups is 1. The van der Waals surface area contributed by atoms with Crippen LogP contribution >= 0.6 is 49.9 Å². The van der Waals surface area contributed by atoms with E-state index in [1.165, 1.54) is 11.3 Å². The highest BCUT2D eigenvalue weighted by Crippen LogP contribution is 2.36. The van der Waals surface area contributed by atoms with E-state index in [0.29, 0.717) is 54.1 Å². The second-order valence-electron chi connectivity index (χ2n) is 8.13. The van der Waals surface area contributed by atoms with E-state index in [9.17, 15) is 14.7 Å². The Bertz CT molecular complexity index is 1560. The zero-order valence-electron chi connectivity index (χ0n) is 20.2. The number of fused-ring (bicyclic) bond motifs is 1. The van der Waals surface area contributed by atoms with Crippen molar-refractivity contribution in [3.05, 3.63) is 86.5 Å². The molecule has 1 amide bonds. The maximum absolute atomic E-state index is 13.9. The number of thiazole rings is 1. The number of benzene rings is 2. The van der Waals surface area contributed by atoms with Crippen molar-refractivity contribution in [2.24, 2.45) is 4.99 Å². The van der Waals surface area contributed by atoms with Gasteiger partial charge in [-0.15, -0.1) is 0 Å². The summed E-state index contributed by atoms with van der Waals surface area (Å²) in [7, 11) is 1.57. The molecule has 0 fully saturated rings. The first-order chi connectivity index (χ1) is 17.2. The Morgan fingerprint density at radius 1 is 1.31 bits per heavy atom. The molecular weight excluding hydrogens is 657 g/mol. The van der Waals surface area contributed by atoms with Gasteiger partial charge in [0.15, 0.2) is 4.80 Å². The molecule has 4 rings (SSSR count). The number of carbonyl (C=O) groups is 1. The van der Waals surface area contributed by atoms with Gasteiger partial charge in [0.25, 0.3) is 11.5 Å². The zero-order chi connectivity index (χ0) is 26.1. The van der Waals surface area contributed by atoms with Crippen LogP contribution in [0.3, 0.4) is 0 Å². The summed E-state index contributed by atoms with van der Waals surface area (Å²) in [5.74, 6) is 0.515. The molecule has 0 bridgehead atoms. The lowest BCUT2D eigenvalue weighted by Gasteiger charge is -2.29. The number of allylic oxidation sites excluding steroid dienone is 1. The van der Waals surface area contributed by atoms with Crippen LogP contribution in [-0.2, 0) is 4.79 Å². The minimum Gasteiger partial charge on any atom is -0.506 e. The van der Waals surface area contributed by atoms with Crippen LogP contribution in [0.4, 0.5) is 0 Å². The predicted octanol–water partition coefficient (Wildman–Crippen LogP) is 4.18. The largest absolute Gasteiger partial charge is 0.506 e. The molecule has 1 N–H and O–H groups in total. The number of rotatable bonds is 6. The maximum atomic E-state index is 13.9. The number of nitrogens with zero attached hydrogens (tertiary/aromatic N) is 3. The van der Waals surface area contributed by atoms with Crippen LogP contribution in [0.5, 0.6) is 11.5 Å². The van der Waals surface area contributed by atoms with E-state index >= 15 is 0 Å². The van der Waals surface area contributed by atoms with Crippen LogP contribution in [0.2, 0.25) is 0 Å². The van der Waals surface area contributed by atoms with E-state index in [-0.39, 0.29) is 17.2 Å². The van der Waals surface area contributed by atoms with Gasteiger partial charge in [-0.2, -0.15) is 0 Å². The van der Waals surface area contributed by atoms with Crippen LogP contribution in [0, 0.1) is 3.57 Å². The summed E-state index contributed by atoms with van der Waals surface area (Å²) >= 11 is 6.73. The number of carbonyl (C=O) groups excluding carboxylic acids is 1. The molecule has 188 valence electrons. The van der Waals surface area contributed by atoms with Gasteiger partial charge in [0.05, 0.1) is 26.5 Å². The summed E-state index contributed by atoms with van der Waals surface area (Å²) in [4.78, 5) is 34.5. The summed E-state index contributed by atoms with van der Waals surface area (Å²) in [5, 5.41) is 10.6. The Hall–Kier alpha value is -2.44. The first-order valence-electron chi connectivity index (χ1n) is 11.3. The number of likely N-dealkylation sites (N-methyl/N-ethyl adjacent to an activating group) is 1. The Morgan fingerprint density at radius 3 is 2.67 bits per heavy atom. The average Bonchev–Trinajstić information content (AvgIpc) is 3.16. The number of ether oxygens (including phenoxy) is 1. The number of halogens is 2. The van der Waals surface area contributed by atoms with Crippen molar-refractivity contribution in [3.8, 4) is 11.5 Å². The maximum Gasteiger partial charge on any atom is 0.271 e. The third-order valence-electron chi connectivity index (χ3n) is 6.08. The van der Waals surface area contributed by atoms with Crippen molar-refractivity contribution in [2.45, 2.75) is 26.8 Å². The van der Waals surface area contributed by atoms with Crippen molar-refractivity contribution < 1.29 is 14.6 Å². The molecule has 0 aliphatic carbocycles. The highest BCUT2D eigenvalue weighted by Gasteiger charge is 2.35. The molecule has 7 nitrogen and oxygen atoms in total. The lowest BCUT2D eigenvalue weighted by Crippen LogP contribution is -2.43. The van der Waals surface area contributed by atoms with Crippen LogP contribution in [0.1, 0.15) is 37.9 Å². The molecule has 1 aromatic heterocycles. The second-order valence-corrected chi connectivity index (χ2v) is 11.2. The minimum atomic E-state index is -0.705. The molecular formula is C26H25BrIN3O4S. The normalized spacial score (nSPS) is 15.5. The van der Waals surface area contributed by atoms with Gasteiger partial charge >= 0.3 is 0 Å². The molecule has 1 atom stereocenters. The van der Waals surface area contributed by atoms with Gasteiger partial charge in [0, 0.05) is 28.7 Å². The number of hydrogen-bond donors (Lipinski definition) is 1. The number of phenolic OH excluding ortho intramolecular Hbond substituents is 1. The Labute approximate surface area is 234 Å². The minimum absolute atomic E-state index is 0.0968. The van der Waals surface area contributed by atoms with Gasteiger partial charge in [-0.05, 0) is 67.6 Å². The highest BCUT2D eigenvalue weighted by atomic mass is 127. The number of para-hydroxylation sites is 1. The molecule has 1 aliphatic rings. The molecule has 0 saturated heterocycles. The molecule has 0 unspecified atom stereocenters. The van der Waals surface area contributed by atoms with Gasteiger partial charge in [-0.3, -0.25) is 14.2 Å². The Kier molecular flexibility index (Phi) is 8.06. The van der Waals surface area contributed by atoms with Gasteiger partial charge in [-0.1, -0.05) is 45.5 Å². The van der Waals surface area contributed by atoms with Gasteiger partial charge in [0.2, 0.25) is 0 Å². The Balaban J connectivity index is 2.02. The molecule has 0 saturated carbocycles. The quantitative estimate of drug-likeness (QED) is 0.396. The van der Waals surface area contributed by atoms with Gasteiger partial charge in [0.1, 0.15) is 17.5 Å². The van der Waals surface area contributed by atoms with E-state index in [1.54, 1.807) is 41.7 Å². The van der Waals surface area contributed by atoms with E-state index < -0.39 is 6.04 Å². The number of aromatic nitrogens is 1. The third kappa shape index (κ3) is 4.78. The average molecular weight is 682 g/mol. The van der Waals surface area contributed by atoms with Crippen LogP contribution in [0.25, 0.3) is 6.08 Å². The first kappa shape index (κ1) is 26.6. The fraction of sp³-hybridized carbons (Fsp3) is 0.269. The van der Waals surface area contributed by atoms with Crippen molar-refractivity contribution in [1.29, 1.82) is 0 Å². The molecule has 10 heteroatoms. The molecule has 2 heterocycles. The predicted molar refractivity (Wildman–Crippen MR) is 153 cm³/mol. The molecule has 36 heavy (non-hydrogen) atoms. The second kappa shape index (κ2) is 10.9. The number of methoxy groups -OCH3 is 1. The summed E-state index contributed by atoms with van der Waals surface area (Å²) in [6.07, 6.45) is 1.66. The summed E-state index contributed by atoms with van der Waals surface area (Å²) in [5.41, 5.74) is 1.94. The summed E-state index contributed by atoms with van der Waals surface area (Å²) < 4.78 is 9.06. The van der Waals surface area contributed by atoms with Crippen molar-refractivity contribution >= 4 is 61.8 Å². The fourth-order valence-corrected chi connectivity index (χ4v) is 6.89. The fourth-order valence-electron chi connectivity index (χ4n) is 4.30. The van der Waals surface area contributed by atoms with Crippen molar-refractivity contribution in [1.82, 2.24) is 9.47 Å². The zero-order valence-corrected chi connectivity index (χ0v) is 24.8. The summed E-state index contributed by atoms with van der Waals surface area (Å²) in [6, 6.07) is 10.3. The Morgan fingerprint density at radius 2 is 2.00 bits per heavy atom. The standard InChI is InChI=1S/C26H25BrIN3O4S/c1-5-30(6-2)25(34)21-14(3)29-26-31(22(21)17-9-7-8-10-19(17)35-4)24(33)20(36-26)12-15-11-16(27)13-18(28)23(15)32/h7-13,22,32H,5-6H2,1-4H3/b20-12+/t22-/m1/s1. The first-order valence-corrected chi connectivity index (χ1v) is 14.0. The van der Waals surface area contributed by atoms with E-state index in [2.05, 4.69) is 15.9 Å². The van der Waals surface area contributed by atoms with Gasteiger partial charge < -0.3 is 14.7 Å². The van der Waals surface area contributed by atoms with Crippen LogP contribution in [0.15, 0.2) is 61.9 Å². The third-order valence-corrected chi connectivity index (χ3v) is 8.34. The van der Waals surface area contributed by atoms with Gasteiger partial charge in [-0.25, -0.2) is 4.99 Å². The molecule has 0 spiro atoms. The lowest BCUT2D eigenvalue weighted by atomic mass is 9.94. The SMILES string of the molecule is CCN(CC)C(=O)C1=C(C)N=c2s/c(=C/c3cc(Br)cc(I)c3O)c(=O)n2[C@@H]1c1ccccc1OC. The lowest BCUT2D eigenvalue weighted by molar-refractivity contribution is -0.127. The molecule has 0 radical (unpaired) electrons. The smallest absolute Gasteiger partial charge is 0.271 e. The number of hydrogen-bond acceptors (Lipinski definition) is 6. The molecule has 2 aromatic carbocycles. The van der Waals surface area contributed by atoms with E-state index in [0.717, 1.165) is 4.47 Å². The van der Waals surface area contributed by atoms with Crippen LogP contribution < -0.4 is 19.6 Å². The van der Waals surface area contributed by atoms with E-state index in [4.69, 9.17) is 9.73 Å². The highest BCUT2D eigenvalue weighted by molar-refractivity contribution is 14.1. The monoisotopic (exact) mass is 681 g/mol. The topological polar surface area (TPSA) is 84.1 Å². The molecule has 1 aliphatic heterocycles. The van der Waals surface area contributed by atoms with Crippen LogP contribution in [-0.4, -0.2) is 40.7 Å². The number of phenols is 1.